The van der Waals surface area contributed by atoms with Crippen molar-refractivity contribution in [3.8, 4) is 0 Å². The van der Waals surface area contributed by atoms with Crippen LogP contribution in [0.25, 0.3) is 0 Å². The van der Waals surface area contributed by atoms with E-state index in [9.17, 15) is 9.59 Å². The van der Waals surface area contributed by atoms with Gasteiger partial charge < -0.3 is 19.4 Å². The average Bonchev–Trinajstić information content (AvgIpc) is 2.59. The van der Waals surface area contributed by atoms with Crippen LogP contribution < -0.4 is 5.32 Å². The summed E-state index contributed by atoms with van der Waals surface area (Å²) in [6.45, 7) is 18.3. The summed E-state index contributed by atoms with van der Waals surface area (Å²) >= 11 is 0. The maximum Gasteiger partial charge on any atom is 0.408 e. The van der Waals surface area contributed by atoms with Crippen LogP contribution in [0.1, 0.15) is 60.8 Å². The average molecular weight is 387 g/mol. The number of carbonyl (C=O) groups is 2. The lowest BCUT2D eigenvalue weighted by Gasteiger charge is -2.37. The molecule has 0 spiro atoms. The van der Waals surface area contributed by atoms with Gasteiger partial charge in [-0.25, -0.2) is 4.79 Å². The molecule has 0 saturated carbocycles. The molecule has 0 radical (unpaired) electrons. The van der Waals surface area contributed by atoms with Gasteiger partial charge in [0.1, 0.15) is 11.6 Å². The SMILES string of the molecule is CC(C)(C)OC(=O)NC1CCCCN(CCO[Si](C)(C)C(C)(C)C)C1=O. The third-order valence-electron chi connectivity index (χ3n) is 5.10. The van der Waals surface area contributed by atoms with E-state index in [1.54, 1.807) is 0 Å². The minimum atomic E-state index is -1.82. The number of nitrogens with one attached hydrogen (secondary N) is 1. The van der Waals surface area contributed by atoms with Crippen LogP contribution >= 0.6 is 0 Å². The summed E-state index contributed by atoms with van der Waals surface area (Å²) in [5.41, 5.74) is -0.575. The molecule has 26 heavy (non-hydrogen) atoms. The normalized spacial score (nSPS) is 19.9. The second-order valence-corrected chi connectivity index (χ2v) is 14.4. The Kier molecular flexibility index (Phi) is 7.71. The third-order valence-corrected chi connectivity index (χ3v) is 9.64. The molecule has 0 aromatic heterocycles. The summed E-state index contributed by atoms with van der Waals surface area (Å²) in [5, 5.41) is 2.89. The van der Waals surface area contributed by atoms with Gasteiger partial charge in [0.25, 0.3) is 0 Å². The first-order chi connectivity index (χ1) is 11.7. The molecule has 0 bridgehead atoms. The van der Waals surface area contributed by atoms with Gasteiger partial charge in [0.05, 0.1) is 6.61 Å². The van der Waals surface area contributed by atoms with Crippen LogP contribution in [0.5, 0.6) is 0 Å². The zero-order valence-electron chi connectivity index (χ0n) is 17.9. The van der Waals surface area contributed by atoms with E-state index in [1.165, 1.54) is 0 Å². The Morgan fingerprint density at radius 1 is 1.19 bits per heavy atom. The maximum absolute atomic E-state index is 12.8. The van der Waals surface area contributed by atoms with Crippen molar-refractivity contribution in [3.63, 3.8) is 0 Å². The zero-order chi connectivity index (χ0) is 20.2. The molecule has 0 aromatic carbocycles. The number of ether oxygens (including phenoxy) is 1. The Balaban J connectivity index is 2.61. The van der Waals surface area contributed by atoms with Gasteiger partial charge in [-0.1, -0.05) is 20.8 Å². The molecule has 6 nitrogen and oxygen atoms in total. The highest BCUT2D eigenvalue weighted by molar-refractivity contribution is 6.74. The molecule has 152 valence electrons. The van der Waals surface area contributed by atoms with Gasteiger partial charge in [-0.2, -0.15) is 0 Å². The van der Waals surface area contributed by atoms with E-state index >= 15 is 0 Å². The number of likely N-dealkylation sites (tertiary alicyclic amines) is 1. The highest BCUT2D eigenvalue weighted by Crippen LogP contribution is 2.36. The highest BCUT2D eigenvalue weighted by atomic mass is 28.4. The minimum absolute atomic E-state index is 0.0350. The highest BCUT2D eigenvalue weighted by Gasteiger charge is 2.37. The number of carbonyl (C=O) groups excluding carboxylic acids is 2. The molecule has 1 N–H and O–H groups in total. The summed E-state index contributed by atoms with van der Waals surface area (Å²) in [6.07, 6.45) is 1.97. The molecule has 2 amide bonds. The van der Waals surface area contributed by atoms with Crippen LogP contribution in [-0.2, 0) is 14.0 Å². The third kappa shape index (κ3) is 7.27. The van der Waals surface area contributed by atoms with Gasteiger partial charge in [0, 0.05) is 13.1 Å². The van der Waals surface area contributed by atoms with Crippen LogP contribution in [0, 0.1) is 0 Å². The lowest BCUT2D eigenvalue weighted by Crippen LogP contribution is -2.50. The van der Waals surface area contributed by atoms with Crippen molar-refractivity contribution in [3.05, 3.63) is 0 Å². The fourth-order valence-corrected chi connectivity index (χ4v) is 3.57. The summed E-state index contributed by atoms with van der Waals surface area (Å²) < 4.78 is 11.5. The van der Waals surface area contributed by atoms with Gasteiger partial charge in [0.2, 0.25) is 5.91 Å². The van der Waals surface area contributed by atoms with E-state index in [1.807, 2.05) is 25.7 Å². The van der Waals surface area contributed by atoms with Crippen molar-refractivity contribution < 1.29 is 18.8 Å². The molecule has 1 saturated heterocycles. The molecular formula is C19H38N2O4Si. The molecule has 0 aromatic rings. The summed E-state index contributed by atoms with van der Waals surface area (Å²) in [6, 6.07) is -0.514. The van der Waals surface area contributed by atoms with Crippen LogP contribution in [0.15, 0.2) is 0 Å². The summed E-state index contributed by atoms with van der Waals surface area (Å²) in [7, 11) is -1.82. The van der Waals surface area contributed by atoms with Crippen molar-refractivity contribution in [1.82, 2.24) is 10.2 Å². The molecule has 1 aliphatic rings. The first kappa shape index (κ1) is 23.0. The Bertz CT molecular complexity index is 495. The van der Waals surface area contributed by atoms with Crippen molar-refractivity contribution >= 4 is 20.3 Å². The first-order valence-electron chi connectivity index (χ1n) is 9.65. The summed E-state index contributed by atoms with van der Waals surface area (Å²) in [5.74, 6) is -0.0350. The minimum Gasteiger partial charge on any atom is -0.444 e. The molecule has 1 aliphatic heterocycles. The Morgan fingerprint density at radius 3 is 2.35 bits per heavy atom. The van der Waals surface area contributed by atoms with Gasteiger partial charge in [0.15, 0.2) is 8.32 Å². The van der Waals surface area contributed by atoms with Gasteiger partial charge in [-0.3, -0.25) is 4.79 Å². The molecule has 1 heterocycles. The van der Waals surface area contributed by atoms with E-state index < -0.39 is 26.1 Å². The smallest absolute Gasteiger partial charge is 0.408 e. The fraction of sp³-hybridized carbons (Fsp3) is 0.895. The first-order valence-corrected chi connectivity index (χ1v) is 12.6. The maximum atomic E-state index is 12.8. The molecule has 1 unspecified atom stereocenters. The molecular weight excluding hydrogens is 348 g/mol. The lowest BCUT2D eigenvalue weighted by atomic mass is 10.1. The molecule has 7 heteroatoms. The fourth-order valence-electron chi connectivity index (χ4n) is 2.54. The van der Waals surface area contributed by atoms with Crippen molar-refractivity contribution in [2.45, 2.75) is 90.6 Å². The van der Waals surface area contributed by atoms with E-state index in [2.05, 4.69) is 39.2 Å². The van der Waals surface area contributed by atoms with Crippen molar-refractivity contribution in [1.29, 1.82) is 0 Å². The van der Waals surface area contributed by atoms with E-state index in [0.717, 1.165) is 12.8 Å². The molecule has 1 fully saturated rings. The van der Waals surface area contributed by atoms with Crippen LogP contribution in [0.2, 0.25) is 18.1 Å². The molecule has 0 aliphatic carbocycles. The van der Waals surface area contributed by atoms with Gasteiger partial charge >= 0.3 is 6.09 Å². The lowest BCUT2D eigenvalue weighted by molar-refractivity contribution is -0.133. The largest absolute Gasteiger partial charge is 0.444 e. The number of amides is 2. The Hall–Kier alpha value is -1.08. The Morgan fingerprint density at radius 2 is 1.81 bits per heavy atom. The predicted molar refractivity (Wildman–Crippen MR) is 107 cm³/mol. The van der Waals surface area contributed by atoms with Crippen LogP contribution in [0.4, 0.5) is 4.79 Å². The van der Waals surface area contributed by atoms with E-state index in [-0.39, 0.29) is 10.9 Å². The predicted octanol–water partition coefficient (Wildman–Crippen LogP) is 3.91. The van der Waals surface area contributed by atoms with E-state index in [4.69, 9.17) is 9.16 Å². The quantitative estimate of drug-likeness (QED) is 0.727. The number of alkyl carbamates (subject to hydrolysis) is 1. The van der Waals surface area contributed by atoms with Crippen LogP contribution in [-0.4, -0.2) is 56.6 Å². The summed E-state index contributed by atoms with van der Waals surface area (Å²) in [4.78, 5) is 26.7. The number of rotatable bonds is 5. The number of hydrogen-bond acceptors (Lipinski definition) is 4. The Labute approximate surface area is 160 Å². The second-order valence-electron chi connectivity index (χ2n) is 9.63. The van der Waals surface area contributed by atoms with Gasteiger partial charge in [-0.05, 0) is 58.2 Å². The molecule has 1 atom stereocenters. The van der Waals surface area contributed by atoms with Crippen molar-refractivity contribution in [2.75, 3.05) is 19.7 Å². The standard InChI is InChI=1S/C19H38N2O4Si/c1-18(2,3)25-17(23)20-15-11-9-10-12-21(16(15)22)13-14-24-26(7,8)19(4,5)6/h15H,9-14H2,1-8H3,(H,20,23). The van der Waals surface area contributed by atoms with Gasteiger partial charge in [-0.15, -0.1) is 0 Å². The second kappa shape index (κ2) is 8.74. The number of hydrogen-bond donors (Lipinski definition) is 1. The zero-order valence-corrected chi connectivity index (χ0v) is 18.9. The van der Waals surface area contributed by atoms with E-state index in [0.29, 0.717) is 26.1 Å². The number of nitrogens with zero attached hydrogens (tertiary/aromatic N) is 1. The monoisotopic (exact) mass is 386 g/mol. The van der Waals surface area contributed by atoms with Crippen LogP contribution in [0.3, 0.4) is 0 Å². The topological polar surface area (TPSA) is 67.9 Å². The molecule has 1 rings (SSSR count). The van der Waals surface area contributed by atoms with Crippen molar-refractivity contribution in [2.24, 2.45) is 0 Å².